The van der Waals surface area contributed by atoms with Crippen molar-refractivity contribution in [3.8, 4) is 0 Å². The van der Waals surface area contributed by atoms with Gasteiger partial charge in [-0.15, -0.1) is 0 Å². The van der Waals surface area contributed by atoms with Gasteiger partial charge >= 0.3 is 0 Å². The first-order chi connectivity index (χ1) is 3.06. The van der Waals surface area contributed by atoms with Gasteiger partial charge in [-0.05, 0) is 6.42 Å². The minimum absolute atomic E-state index is 0.671. The lowest BCUT2D eigenvalue weighted by Gasteiger charge is -2.14. The lowest BCUT2D eigenvalue weighted by molar-refractivity contribution is 0.124. The molecule has 0 rings (SSSR count). The first kappa shape index (κ1) is 7.14. The SMILES string of the molecule is CCCC(N)(O)[SiH3]. The Kier molecular flexibility index (Phi) is 2.49. The molecule has 0 radical (unpaired) electrons. The Morgan fingerprint density at radius 1 is 1.86 bits per heavy atom. The fourth-order valence-corrected chi connectivity index (χ4v) is 1.01. The van der Waals surface area contributed by atoms with Crippen LogP contribution in [0.15, 0.2) is 0 Å². The molecule has 0 aliphatic rings. The van der Waals surface area contributed by atoms with Crippen molar-refractivity contribution >= 4 is 10.2 Å². The summed E-state index contributed by atoms with van der Waals surface area (Å²) in [5, 5.41) is 8.05. The van der Waals surface area contributed by atoms with E-state index in [9.17, 15) is 0 Å². The van der Waals surface area contributed by atoms with E-state index >= 15 is 0 Å². The highest BCUT2D eigenvalue weighted by Gasteiger charge is 2.08. The van der Waals surface area contributed by atoms with Crippen LogP contribution in [0, 0.1) is 0 Å². The predicted octanol–water partition coefficient (Wildman–Crippen LogP) is -1.24. The molecule has 0 aromatic rings. The third-order valence-corrected chi connectivity index (χ3v) is 1.26. The second kappa shape index (κ2) is 2.45. The molecule has 1 unspecified atom stereocenters. The van der Waals surface area contributed by atoms with Crippen molar-refractivity contribution in [2.24, 2.45) is 5.73 Å². The Hall–Kier alpha value is 0.137. The average molecular weight is 119 g/mol. The molecule has 0 heterocycles. The van der Waals surface area contributed by atoms with Crippen molar-refractivity contribution in [3.05, 3.63) is 0 Å². The third-order valence-electron chi connectivity index (χ3n) is 0.756. The molecule has 7 heavy (non-hydrogen) atoms. The van der Waals surface area contributed by atoms with Gasteiger partial charge in [-0.2, -0.15) is 0 Å². The fraction of sp³-hybridized carbons (Fsp3) is 1.00. The largest absolute Gasteiger partial charge is 0.381 e. The van der Waals surface area contributed by atoms with Gasteiger partial charge in [0.25, 0.3) is 0 Å². The van der Waals surface area contributed by atoms with E-state index in [1.165, 1.54) is 0 Å². The molecule has 0 amide bonds. The summed E-state index contributed by atoms with van der Waals surface area (Å²) in [6.45, 7) is 2.01. The van der Waals surface area contributed by atoms with Crippen molar-refractivity contribution in [2.75, 3.05) is 0 Å². The Morgan fingerprint density at radius 2 is 2.29 bits per heavy atom. The number of rotatable bonds is 2. The molecular weight excluding hydrogens is 106 g/mol. The highest BCUT2D eigenvalue weighted by molar-refractivity contribution is 6.13. The van der Waals surface area contributed by atoms with E-state index in [1.54, 1.807) is 0 Å². The molecule has 0 spiro atoms. The highest BCUT2D eigenvalue weighted by Crippen LogP contribution is 1.97. The topological polar surface area (TPSA) is 46.2 Å². The molecule has 44 valence electrons. The summed E-state index contributed by atoms with van der Waals surface area (Å²) in [5.74, 6) is 0. The second-order valence-corrected chi connectivity index (χ2v) is 3.84. The minimum atomic E-state index is -0.811. The van der Waals surface area contributed by atoms with E-state index in [-0.39, 0.29) is 0 Å². The van der Waals surface area contributed by atoms with Crippen molar-refractivity contribution < 1.29 is 5.11 Å². The summed E-state index contributed by atoms with van der Waals surface area (Å²) in [6, 6.07) is 0. The second-order valence-electron chi connectivity index (χ2n) is 2.11. The molecule has 1 atom stereocenters. The predicted molar refractivity (Wildman–Crippen MR) is 34.0 cm³/mol. The summed E-state index contributed by atoms with van der Waals surface area (Å²) in [7, 11) is 0.671. The van der Waals surface area contributed by atoms with Gasteiger partial charge in [0.2, 0.25) is 0 Å². The molecule has 0 aromatic heterocycles. The van der Waals surface area contributed by atoms with Gasteiger partial charge in [0.15, 0.2) is 0 Å². The smallest absolute Gasteiger partial charge is 0.0890 e. The zero-order valence-corrected chi connectivity index (χ0v) is 6.94. The summed E-state index contributed by atoms with van der Waals surface area (Å²) in [5.41, 5.74) is 5.26. The Labute approximate surface area is 47.1 Å². The van der Waals surface area contributed by atoms with Crippen LogP contribution < -0.4 is 5.73 Å². The minimum Gasteiger partial charge on any atom is -0.381 e. The quantitative estimate of drug-likeness (QED) is 0.353. The van der Waals surface area contributed by atoms with Gasteiger partial charge in [-0.25, -0.2) is 0 Å². The maximum absolute atomic E-state index is 8.86. The average Bonchev–Trinajstić information content (AvgIpc) is 1.30. The van der Waals surface area contributed by atoms with Gasteiger partial charge in [0, 0.05) is 0 Å². The van der Waals surface area contributed by atoms with Crippen LogP contribution in [0.2, 0.25) is 0 Å². The molecule has 3 heteroatoms. The Bertz CT molecular complexity index is 50.1. The zero-order valence-electron chi connectivity index (χ0n) is 4.94. The van der Waals surface area contributed by atoms with Gasteiger partial charge in [-0.3, -0.25) is 0 Å². The van der Waals surface area contributed by atoms with Crippen LogP contribution in [0.4, 0.5) is 0 Å². The summed E-state index contributed by atoms with van der Waals surface area (Å²) in [4.78, 5) is 0. The lowest BCUT2D eigenvalue weighted by atomic mass is 10.3. The number of nitrogens with two attached hydrogens (primary N) is 1. The van der Waals surface area contributed by atoms with Crippen LogP contribution in [0.3, 0.4) is 0 Å². The monoisotopic (exact) mass is 119 g/mol. The Balaban J connectivity index is 3.15. The van der Waals surface area contributed by atoms with E-state index in [4.69, 9.17) is 10.8 Å². The first-order valence-corrected chi connectivity index (χ1v) is 3.57. The summed E-state index contributed by atoms with van der Waals surface area (Å²) < 4.78 is 0. The molecular formula is C4H13NOSi. The van der Waals surface area contributed by atoms with Gasteiger partial charge < -0.3 is 10.8 Å². The van der Waals surface area contributed by atoms with Crippen LogP contribution in [0.1, 0.15) is 19.8 Å². The van der Waals surface area contributed by atoms with Crippen LogP contribution in [-0.2, 0) is 0 Å². The number of aliphatic hydroxyl groups is 1. The zero-order chi connectivity index (χ0) is 5.91. The molecule has 0 aliphatic heterocycles. The maximum Gasteiger partial charge on any atom is 0.0890 e. The Morgan fingerprint density at radius 3 is 2.29 bits per heavy atom. The molecule has 0 saturated heterocycles. The van der Waals surface area contributed by atoms with Crippen LogP contribution >= 0.6 is 0 Å². The molecule has 0 fully saturated rings. The normalized spacial score (nSPS) is 19.3. The van der Waals surface area contributed by atoms with E-state index in [0.29, 0.717) is 10.2 Å². The van der Waals surface area contributed by atoms with E-state index in [0.717, 1.165) is 12.8 Å². The van der Waals surface area contributed by atoms with Crippen LogP contribution in [0.25, 0.3) is 0 Å². The lowest BCUT2D eigenvalue weighted by Crippen LogP contribution is -2.39. The van der Waals surface area contributed by atoms with E-state index in [2.05, 4.69) is 0 Å². The van der Waals surface area contributed by atoms with Crippen molar-refractivity contribution in [3.63, 3.8) is 0 Å². The summed E-state index contributed by atoms with van der Waals surface area (Å²) >= 11 is 0. The first-order valence-electron chi connectivity index (χ1n) is 2.57. The van der Waals surface area contributed by atoms with Crippen LogP contribution in [-0.4, -0.2) is 20.7 Å². The number of hydrogen-bond donors (Lipinski definition) is 2. The van der Waals surface area contributed by atoms with Crippen molar-refractivity contribution in [1.29, 1.82) is 0 Å². The molecule has 3 N–H and O–H groups in total. The van der Waals surface area contributed by atoms with E-state index in [1.807, 2.05) is 6.92 Å². The third kappa shape index (κ3) is 6.14. The van der Waals surface area contributed by atoms with Gasteiger partial charge in [-0.1, -0.05) is 13.3 Å². The summed E-state index contributed by atoms with van der Waals surface area (Å²) in [6.07, 6.45) is 1.70. The maximum atomic E-state index is 8.86. The fourth-order valence-electron chi connectivity index (χ4n) is 0.506. The van der Waals surface area contributed by atoms with Crippen molar-refractivity contribution in [1.82, 2.24) is 0 Å². The van der Waals surface area contributed by atoms with Gasteiger partial charge in [0.05, 0.1) is 15.6 Å². The van der Waals surface area contributed by atoms with Crippen molar-refractivity contribution in [2.45, 2.75) is 25.1 Å². The van der Waals surface area contributed by atoms with E-state index < -0.39 is 5.35 Å². The molecule has 2 nitrogen and oxygen atoms in total. The van der Waals surface area contributed by atoms with Crippen LogP contribution in [0.5, 0.6) is 0 Å². The van der Waals surface area contributed by atoms with Gasteiger partial charge in [0.1, 0.15) is 0 Å². The molecule has 0 aliphatic carbocycles. The highest BCUT2D eigenvalue weighted by atomic mass is 28.1. The molecule has 0 bridgehead atoms. The molecule has 0 aromatic carbocycles. The standard InChI is InChI=1S/C4H13NOSi/c1-2-3-4(5,6)7/h6H,2-3,5H2,1,7H3. The number of hydrogen-bond acceptors (Lipinski definition) is 2. The molecule has 0 saturated carbocycles.